The quantitative estimate of drug-likeness (QED) is 0.381. The zero-order chi connectivity index (χ0) is 19.3. The minimum Gasteiger partial charge on any atom is -0.432 e. The van der Waals surface area contributed by atoms with Crippen LogP contribution in [0.25, 0.3) is 0 Å². The standard InChI is InChI=1S/C19H26INO4Si/c1-5-9-21-15-7-6-13(20)11-14(15)19(18(21)23)12(2)17(26(3,4)24)16(25-19)8-10-22/h5-7,11-12,16-17,22,24H,1,8-10H2,2-4H3/t12-,16+,17-,19+/m0/s1. The first-order valence-electron chi connectivity index (χ1n) is 8.92. The van der Waals surface area contributed by atoms with E-state index in [-0.39, 0.29) is 30.1 Å². The largest absolute Gasteiger partial charge is 0.432 e. The molecule has 142 valence electrons. The summed E-state index contributed by atoms with van der Waals surface area (Å²) in [7, 11) is -2.61. The maximum Gasteiger partial charge on any atom is 0.264 e. The number of hydrogen-bond acceptors (Lipinski definition) is 4. The summed E-state index contributed by atoms with van der Waals surface area (Å²) in [5.74, 6) is -0.268. The van der Waals surface area contributed by atoms with Gasteiger partial charge in [0, 0.05) is 33.7 Å². The molecular formula is C19H26INO4Si. The third-order valence-electron chi connectivity index (χ3n) is 5.67. The van der Waals surface area contributed by atoms with Crippen molar-refractivity contribution >= 4 is 42.5 Å². The molecule has 2 heterocycles. The molecule has 2 aliphatic heterocycles. The molecule has 1 aromatic rings. The van der Waals surface area contributed by atoms with Gasteiger partial charge in [-0.15, -0.1) is 6.58 Å². The molecule has 26 heavy (non-hydrogen) atoms. The number of fused-ring (bicyclic) bond motifs is 2. The second-order valence-corrected chi connectivity index (χ2v) is 13.0. The van der Waals surface area contributed by atoms with Crippen LogP contribution < -0.4 is 4.90 Å². The van der Waals surface area contributed by atoms with E-state index in [2.05, 4.69) is 29.2 Å². The fourth-order valence-electron chi connectivity index (χ4n) is 4.76. The van der Waals surface area contributed by atoms with Gasteiger partial charge in [0.15, 0.2) is 13.9 Å². The van der Waals surface area contributed by atoms with Crippen LogP contribution in [0.15, 0.2) is 30.9 Å². The van der Waals surface area contributed by atoms with Crippen LogP contribution in [0, 0.1) is 9.49 Å². The van der Waals surface area contributed by atoms with Gasteiger partial charge >= 0.3 is 0 Å². The van der Waals surface area contributed by atoms with E-state index < -0.39 is 13.9 Å². The lowest BCUT2D eigenvalue weighted by molar-refractivity contribution is -0.146. The molecule has 0 unspecified atom stereocenters. The predicted octanol–water partition coefficient (Wildman–Crippen LogP) is 3.00. The fourth-order valence-corrected chi connectivity index (χ4v) is 7.85. The number of carbonyl (C=O) groups excluding carboxylic acids is 1. The summed E-state index contributed by atoms with van der Waals surface area (Å²) in [5.41, 5.74) is 0.486. The number of nitrogens with zero attached hydrogens (tertiary/aromatic N) is 1. The van der Waals surface area contributed by atoms with Gasteiger partial charge in [0.05, 0.1) is 11.8 Å². The van der Waals surface area contributed by atoms with E-state index in [4.69, 9.17) is 4.74 Å². The molecule has 1 saturated heterocycles. The zero-order valence-corrected chi connectivity index (χ0v) is 18.6. The lowest BCUT2D eigenvalue weighted by Gasteiger charge is -2.32. The average Bonchev–Trinajstić information content (AvgIpc) is 2.96. The molecular weight excluding hydrogens is 461 g/mol. The Morgan fingerprint density at radius 3 is 2.73 bits per heavy atom. The van der Waals surface area contributed by atoms with Gasteiger partial charge in [-0.3, -0.25) is 4.79 Å². The summed E-state index contributed by atoms with van der Waals surface area (Å²) in [4.78, 5) is 26.2. The first kappa shape index (κ1) is 20.0. The van der Waals surface area contributed by atoms with Crippen LogP contribution in [-0.4, -0.2) is 43.4 Å². The topological polar surface area (TPSA) is 70.0 Å². The van der Waals surface area contributed by atoms with Gasteiger partial charge < -0.3 is 19.5 Å². The van der Waals surface area contributed by atoms with Crippen molar-refractivity contribution < 1.29 is 19.4 Å². The van der Waals surface area contributed by atoms with Crippen molar-refractivity contribution in [2.24, 2.45) is 5.92 Å². The maximum absolute atomic E-state index is 13.5. The number of aliphatic hydroxyl groups excluding tert-OH is 1. The number of halogens is 1. The highest BCUT2D eigenvalue weighted by Crippen LogP contribution is 2.59. The number of ether oxygens (including phenoxy) is 1. The van der Waals surface area contributed by atoms with Gasteiger partial charge in [0.1, 0.15) is 0 Å². The summed E-state index contributed by atoms with van der Waals surface area (Å²) in [6.07, 6.45) is 1.80. The highest BCUT2D eigenvalue weighted by Gasteiger charge is 2.65. The first-order valence-corrected chi connectivity index (χ1v) is 13.0. The van der Waals surface area contributed by atoms with Crippen LogP contribution in [0.1, 0.15) is 18.9 Å². The van der Waals surface area contributed by atoms with Crippen LogP contribution in [0.5, 0.6) is 0 Å². The molecule has 1 amide bonds. The van der Waals surface area contributed by atoms with Gasteiger partial charge in [-0.05, 0) is 60.3 Å². The number of aliphatic hydroxyl groups is 1. The molecule has 0 aliphatic carbocycles. The Morgan fingerprint density at radius 2 is 2.15 bits per heavy atom. The molecule has 2 N–H and O–H groups in total. The zero-order valence-electron chi connectivity index (χ0n) is 15.4. The van der Waals surface area contributed by atoms with Crippen LogP contribution in [-0.2, 0) is 15.1 Å². The Labute approximate surface area is 169 Å². The van der Waals surface area contributed by atoms with Crippen molar-refractivity contribution in [3.63, 3.8) is 0 Å². The summed E-state index contributed by atoms with van der Waals surface area (Å²) in [6, 6.07) is 5.95. The van der Waals surface area contributed by atoms with Gasteiger partial charge in [0.2, 0.25) is 0 Å². The Balaban J connectivity index is 2.18. The number of carbonyl (C=O) groups is 1. The van der Waals surface area contributed by atoms with Crippen LogP contribution in [0.3, 0.4) is 0 Å². The van der Waals surface area contributed by atoms with E-state index >= 15 is 0 Å². The van der Waals surface area contributed by atoms with Crippen molar-refractivity contribution in [2.75, 3.05) is 18.1 Å². The highest BCUT2D eigenvalue weighted by molar-refractivity contribution is 14.1. The van der Waals surface area contributed by atoms with E-state index in [1.165, 1.54) is 0 Å². The molecule has 0 aromatic heterocycles. The molecule has 7 heteroatoms. The third kappa shape index (κ3) is 2.88. The molecule has 2 aliphatic rings. The Bertz CT molecular complexity index is 735. The third-order valence-corrected chi connectivity index (χ3v) is 8.85. The molecule has 3 rings (SSSR count). The van der Waals surface area contributed by atoms with Crippen molar-refractivity contribution in [1.29, 1.82) is 0 Å². The summed E-state index contributed by atoms with van der Waals surface area (Å²) < 4.78 is 7.49. The lowest BCUT2D eigenvalue weighted by atomic mass is 9.82. The van der Waals surface area contributed by atoms with E-state index in [1.807, 2.05) is 38.2 Å². The Kier molecular flexibility index (Phi) is 5.39. The first-order chi connectivity index (χ1) is 12.2. The maximum atomic E-state index is 13.5. The number of amides is 1. The molecule has 1 fully saturated rings. The fraction of sp³-hybridized carbons (Fsp3) is 0.526. The van der Waals surface area contributed by atoms with Gasteiger partial charge in [-0.1, -0.05) is 13.0 Å². The van der Waals surface area contributed by atoms with Crippen molar-refractivity contribution in [3.8, 4) is 0 Å². The second kappa shape index (κ2) is 7.01. The van der Waals surface area contributed by atoms with Gasteiger partial charge in [-0.2, -0.15) is 0 Å². The van der Waals surface area contributed by atoms with Crippen molar-refractivity contribution in [2.45, 2.75) is 43.7 Å². The summed E-state index contributed by atoms with van der Waals surface area (Å²) in [6.45, 7) is 9.94. The molecule has 5 nitrogen and oxygen atoms in total. The summed E-state index contributed by atoms with van der Waals surface area (Å²) in [5, 5.41) is 9.51. The second-order valence-electron chi connectivity index (χ2n) is 7.74. The van der Waals surface area contributed by atoms with Gasteiger partial charge in [0.25, 0.3) is 5.91 Å². The molecule has 4 atom stereocenters. The van der Waals surface area contributed by atoms with Crippen molar-refractivity contribution in [1.82, 2.24) is 0 Å². The Hall–Kier alpha value is -0.743. The van der Waals surface area contributed by atoms with E-state index in [0.29, 0.717) is 13.0 Å². The minimum atomic E-state index is -2.61. The van der Waals surface area contributed by atoms with E-state index in [9.17, 15) is 14.7 Å². The van der Waals surface area contributed by atoms with Crippen LogP contribution in [0.2, 0.25) is 18.6 Å². The molecule has 0 saturated carbocycles. The predicted molar refractivity (Wildman–Crippen MR) is 113 cm³/mol. The Morgan fingerprint density at radius 1 is 1.46 bits per heavy atom. The number of benzene rings is 1. The van der Waals surface area contributed by atoms with E-state index in [1.54, 1.807) is 11.0 Å². The molecule has 1 spiro atoms. The number of anilines is 1. The van der Waals surface area contributed by atoms with Crippen LogP contribution >= 0.6 is 22.6 Å². The SMILES string of the molecule is C=CCN1C(=O)[C@]2(O[C@H](CCO)[C@@H]([Si](C)(C)O)[C@@H]2C)c2cc(I)ccc21. The minimum absolute atomic E-state index is 0.0296. The van der Waals surface area contributed by atoms with Crippen molar-refractivity contribution in [3.05, 3.63) is 40.0 Å². The summed E-state index contributed by atoms with van der Waals surface area (Å²) >= 11 is 2.24. The number of hydrogen-bond donors (Lipinski definition) is 2. The highest BCUT2D eigenvalue weighted by atomic mass is 127. The smallest absolute Gasteiger partial charge is 0.264 e. The normalized spacial score (nSPS) is 30.9. The monoisotopic (exact) mass is 487 g/mol. The molecule has 0 radical (unpaired) electrons. The lowest BCUT2D eigenvalue weighted by Crippen LogP contribution is -2.46. The van der Waals surface area contributed by atoms with E-state index in [0.717, 1.165) is 14.8 Å². The number of rotatable bonds is 5. The van der Waals surface area contributed by atoms with Gasteiger partial charge in [-0.25, -0.2) is 0 Å². The molecule has 1 aromatic carbocycles. The molecule has 0 bridgehead atoms. The average molecular weight is 487 g/mol. The van der Waals surface area contributed by atoms with Crippen LogP contribution in [0.4, 0.5) is 5.69 Å².